The molecule has 0 atom stereocenters. The van der Waals surface area contributed by atoms with Gasteiger partial charge in [0.2, 0.25) is 0 Å². The van der Waals surface area contributed by atoms with E-state index in [1.165, 1.54) is 35.1 Å². The second-order valence-electron chi connectivity index (χ2n) is 16.6. The van der Waals surface area contributed by atoms with Crippen molar-refractivity contribution in [3.05, 3.63) is 202 Å². The van der Waals surface area contributed by atoms with E-state index in [0.29, 0.717) is 24.1 Å². The fraction of sp³-hybridized carbons (Fsp3) is 0.100. The van der Waals surface area contributed by atoms with Gasteiger partial charge in [0.05, 0.1) is 25.3 Å². The van der Waals surface area contributed by atoms with Crippen molar-refractivity contribution < 1.29 is 38.1 Å². The van der Waals surface area contributed by atoms with Crippen LogP contribution in [-0.4, -0.2) is 39.1 Å². The second-order valence-corrected chi connectivity index (χ2v) is 18.4. The summed E-state index contributed by atoms with van der Waals surface area (Å²) >= 11 is 3.39. The van der Waals surface area contributed by atoms with Crippen molar-refractivity contribution in [2.75, 3.05) is 14.2 Å². The van der Waals surface area contributed by atoms with Gasteiger partial charge in [-0.05, 0) is 161 Å². The van der Waals surface area contributed by atoms with Crippen LogP contribution in [0.1, 0.15) is 43.0 Å². The Balaban J connectivity index is 1.48. The smallest absolute Gasteiger partial charge is 0.337 e. The zero-order valence-corrected chi connectivity index (χ0v) is 40.5. The van der Waals surface area contributed by atoms with Crippen LogP contribution in [0.15, 0.2) is 168 Å². The molecule has 7 aromatic carbocycles. The zero-order chi connectivity index (χ0) is 48.7. The first-order valence-corrected chi connectivity index (χ1v) is 24.2. The van der Waals surface area contributed by atoms with Gasteiger partial charge in [-0.3, -0.25) is 9.59 Å². The molecule has 8 nitrogen and oxygen atoms in total. The van der Waals surface area contributed by atoms with Gasteiger partial charge in [-0.15, -0.1) is 22.7 Å². The molecule has 0 amide bonds. The Morgan fingerprint density at radius 2 is 0.643 bits per heavy atom. The van der Waals surface area contributed by atoms with Gasteiger partial charge in [-0.2, -0.15) is 0 Å². The van der Waals surface area contributed by atoms with Crippen molar-refractivity contribution in [2.45, 2.75) is 27.1 Å². The molecule has 0 bridgehead atoms. The van der Waals surface area contributed by atoms with E-state index in [4.69, 9.17) is 18.9 Å². The lowest BCUT2D eigenvalue weighted by molar-refractivity contribution is -0.130. The maximum Gasteiger partial charge on any atom is 0.337 e. The number of carbonyl (C=O) groups excluding carboxylic acids is 4. The lowest BCUT2D eigenvalue weighted by Gasteiger charge is -2.29. The van der Waals surface area contributed by atoms with Crippen molar-refractivity contribution >= 4 is 47.6 Å². The van der Waals surface area contributed by atoms with Crippen LogP contribution in [0.25, 0.3) is 87.6 Å². The highest BCUT2D eigenvalue weighted by atomic mass is 32.1. The molecule has 70 heavy (non-hydrogen) atoms. The molecule has 346 valence electrons. The van der Waals surface area contributed by atoms with Crippen LogP contribution in [0.5, 0.6) is 0 Å². The number of hydrogen-bond acceptors (Lipinski definition) is 10. The zero-order valence-electron chi connectivity index (χ0n) is 38.8. The van der Waals surface area contributed by atoms with Gasteiger partial charge in [0.25, 0.3) is 12.9 Å². The van der Waals surface area contributed by atoms with E-state index in [0.717, 1.165) is 89.0 Å². The summed E-state index contributed by atoms with van der Waals surface area (Å²) in [5.41, 5.74) is 17.6. The van der Waals surface area contributed by atoms with Crippen molar-refractivity contribution in [3.8, 4) is 87.6 Å². The number of benzene rings is 7. The first-order chi connectivity index (χ1) is 34.2. The minimum atomic E-state index is -0.455. The number of thiophene rings is 2. The molecule has 0 spiro atoms. The van der Waals surface area contributed by atoms with Crippen molar-refractivity contribution in [2.24, 2.45) is 0 Å². The topological polar surface area (TPSA) is 105 Å². The highest BCUT2D eigenvalue weighted by Crippen LogP contribution is 2.56. The Bertz CT molecular complexity index is 3100. The molecule has 0 aliphatic carbocycles. The molecule has 10 heteroatoms. The van der Waals surface area contributed by atoms with E-state index >= 15 is 0 Å². The Kier molecular flexibility index (Phi) is 14.1. The highest BCUT2D eigenvalue weighted by molar-refractivity contribution is 7.14. The van der Waals surface area contributed by atoms with Gasteiger partial charge in [-0.25, -0.2) is 9.59 Å². The maximum atomic E-state index is 13.0. The Labute approximate surface area is 414 Å². The summed E-state index contributed by atoms with van der Waals surface area (Å²) in [5.74, 6) is -0.911. The van der Waals surface area contributed by atoms with Crippen LogP contribution in [0.3, 0.4) is 0 Å². The van der Waals surface area contributed by atoms with Gasteiger partial charge in [0.15, 0.2) is 0 Å². The first kappa shape index (κ1) is 46.9. The molecule has 2 aromatic heterocycles. The average Bonchev–Trinajstić information content (AvgIpc) is 4.06. The van der Waals surface area contributed by atoms with Crippen LogP contribution >= 0.6 is 22.7 Å². The fourth-order valence-corrected chi connectivity index (χ4v) is 10.8. The van der Waals surface area contributed by atoms with Gasteiger partial charge < -0.3 is 18.9 Å². The number of aryl methyl sites for hydroxylation is 2. The molecule has 0 aliphatic rings. The van der Waals surface area contributed by atoms with E-state index in [9.17, 15) is 19.2 Å². The van der Waals surface area contributed by atoms with Gasteiger partial charge >= 0.3 is 11.9 Å². The van der Waals surface area contributed by atoms with Gasteiger partial charge in [0.1, 0.15) is 13.2 Å². The normalized spacial score (nSPS) is 10.9. The molecule has 0 saturated heterocycles. The molecule has 0 fully saturated rings. The summed E-state index contributed by atoms with van der Waals surface area (Å²) in [6.07, 6.45) is 0. The third-order valence-corrected chi connectivity index (χ3v) is 14.5. The molecule has 0 saturated carbocycles. The number of esters is 2. The van der Waals surface area contributed by atoms with E-state index in [1.807, 2.05) is 48.5 Å². The quantitative estimate of drug-likeness (QED) is 0.0536. The Morgan fingerprint density at radius 1 is 0.386 bits per heavy atom. The summed E-state index contributed by atoms with van der Waals surface area (Å²) in [6.45, 7) is 5.34. The SMILES string of the molecule is COC(=O)c1ccc(-c2c(-c3ccc(C(=O)OC)cc3)c(-c3ccc(-c4sccc4C)cc3)c(-c3ccc(COC=O)cc3)c(-c3ccc(COC=O)cc3)c2-c2ccc(-c3sccc3C)cc2)cc1. The number of ether oxygens (including phenoxy) is 4. The third kappa shape index (κ3) is 9.47. The van der Waals surface area contributed by atoms with Crippen molar-refractivity contribution in [1.29, 1.82) is 0 Å². The summed E-state index contributed by atoms with van der Waals surface area (Å²) in [7, 11) is 2.73. The van der Waals surface area contributed by atoms with E-state index in [-0.39, 0.29) is 13.2 Å². The predicted octanol–water partition coefficient (Wildman–Crippen LogP) is 14.7. The molecule has 9 rings (SSSR count). The molecule has 2 heterocycles. The maximum absolute atomic E-state index is 13.0. The highest BCUT2D eigenvalue weighted by Gasteiger charge is 2.30. The molecule has 0 N–H and O–H groups in total. The summed E-state index contributed by atoms with van der Waals surface area (Å²) < 4.78 is 20.7. The number of carbonyl (C=O) groups is 4. The van der Waals surface area contributed by atoms with Gasteiger partial charge in [-0.1, -0.05) is 121 Å². The number of hydrogen-bond donors (Lipinski definition) is 0. The van der Waals surface area contributed by atoms with Crippen molar-refractivity contribution in [3.63, 3.8) is 0 Å². The monoisotopic (exact) mass is 958 g/mol. The van der Waals surface area contributed by atoms with Crippen LogP contribution in [-0.2, 0) is 41.8 Å². The van der Waals surface area contributed by atoms with Crippen LogP contribution in [0.2, 0.25) is 0 Å². The third-order valence-electron chi connectivity index (χ3n) is 12.4. The Hall–Kier alpha value is -8.18. The van der Waals surface area contributed by atoms with Crippen LogP contribution < -0.4 is 0 Å². The van der Waals surface area contributed by atoms with E-state index < -0.39 is 11.9 Å². The number of methoxy groups -OCH3 is 2. The van der Waals surface area contributed by atoms with E-state index in [2.05, 4.69) is 110 Å². The van der Waals surface area contributed by atoms with Crippen LogP contribution in [0, 0.1) is 13.8 Å². The Morgan fingerprint density at radius 3 is 0.886 bits per heavy atom. The van der Waals surface area contributed by atoms with Crippen LogP contribution in [0.4, 0.5) is 0 Å². The molecule has 0 unspecified atom stereocenters. The minimum absolute atomic E-state index is 0.108. The summed E-state index contributed by atoms with van der Waals surface area (Å²) in [5, 5.41) is 4.20. The largest absolute Gasteiger partial charge is 0.465 e. The molecule has 0 radical (unpaired) electrons. The lowest BCUT2D eigenvalue weighted by Crippen LogP contribution is -2.04. The lowest BCUT2D eigenvalue weighted by atomic mass is 9.74. The summed E-state index contributed by atoms with van der Waals surface area (Å²) in [6, 6.07) is 52.6. The van der Waals surface area contributed by atoms with Crippen molar-refractivity contribution in [1.82, 2.24) is 0 Å². The van der Waals surface area contributed by atoms with Gasteiger partial charge in [0, 0.05) is 9.75 Å². The fourth-order valence-electron chi connectivity index (χ4n) is 8.97. The molecule has 9 aromatic rings. The molecular formula is C60H46O8S2. The minimum Gasteiger partial charge on any atom is -0.465 e. The second kappa shape index (κ2) is 21.0. The first-order valence-electron chi connectivity index (χ1n) is 22.4. The standard InChI is InChI=1S/C60H46O8S2/c1-37-29-31-69-57(37)47-21-13-43(14-22-47)53-51(41-9-5-39(6-10-41)33-67-35-61)52(42-11-7-40(8-12-42)34-68-36-62)54(44-15-23-48(24-16-44)58-38(2)30-32-70-58)56(46-19-27-50(28-20-46)60(64)66-4)55(53)45-17-25-49(26-18-45)59(63)65-3/h5-32,35-36H,33-34H2,1-4H3. The molecular weight excluding hydrogens is 913 g/mol. The predicted molar refractivity (Wildman–Crippen MR) is 280 cm³/mol. The summed E-state index contributed by atoms with van der Waals surface area (Å²) in [4.78, 5) is 51.0. The van der Waals surface area contributed by atoms with E-state index in [1.54, 1.807) is 46.9 Å². The molecule has 0 aliphatic heterocycles. The average molecular weight is 959 g/mol. The number of rotatable bonds is 16.